The van der Waals surface area contributed by atoms with Crippen molar-refractivity contribution in [2.75, 3.05) is 59.4 Å². The van der Waals surface area contributed by atoms with Crippen LogP contribution in [0, 0.1) is 5.92 Å². The van der Waals surface area contributed by atoms with Gasteiger partial charge in [0.05, 0.1) is 0 Å². The molecule has 4 heteroatoms. The van der Waals surface area contributed by atoms with E-state index in [4.69, 9.17) is 5.73 Å². The smallest absolute Gasteiger partial charge is 0.0357 e. The van der Waals surface area contributed by atoms with E-state index in [0.29, 0.717) is 5.54 Å². The molecule has 1 saturated carbocycles. The van der Waals surface area contributed by atoms with Gasteiger partial charge in [-0.15, -0.1) is 0 Å². The van der Waals surface area contributed by atoms with Crippen LogP contribution in [-0.2, 0) is 0 Å². The van der Waals surface area contributed by atoms with Crippen molar-refractivity contribution in [2.24, 2.45) is 11.7 Å². The van der Waals surface area contributed by atoms with E-state index in [1.54, 1.807) is 0 Å². The molecule has 3 fully saturated rings. The van der Waals surface area contributed by atoms with E-state index >= 15 is 0 Å². The third kappa shape index (κ3) is 3.13. The molecule has 3 aliphatic rings. The molecule has 19 heavy (non-hydrogen) atoms. The van der Waals surface area contributed by atoms with E-state index in [-0.39, 0.29) is 0 Å². The lowest BCUT2D eigenvalue weighted by Crippen LogP contribution is -2.63. The number of likely N-dealkylation sites (tertiary alicyclic amines) is 1. The molecule has 1 aliphatic carbocycles. The lowest BCUT2D eigenvalue weighted by molar-refractivity contribution is -0.00203. The molecule has 2 aliphatic heterocycles. The zero-order chi connectivity index (χ0) is 13.3. The minimum absolute atomic E-state index is 0.304. The van der Waals surface area contributed by atoms with Gasteiger partial charge in [0, 0.05) is 44.8 Å². The van der Waals surface area contributed by atoms with E-state index in [1.165, 1.54) is 71.5 Å². The summed E-state index contributed by atoms with van der Waals surface area (Å²) in [5.41, 5.74) is 6.47. The predicted molar refractivity (Wildman–Crippen MR) is 79.3 cm³/mol. The molecule has 0 radical (unpaired) electrons. The van der Waals surface area contributed by atoms with Crippen LogP contribution in [0.5, 0.6) is 0 Å². The maximum Gasteiger partial charge on any atom is 0.0357 e. The average Bonchev–Trinajstić information content (AvgIpc) is 3.25. The average molecular weight is 266 g/mol. The first-order valence-electron chi connectivity index (χ1n) is 8.08. The van der Waals surface area contributed by atoms with Gasteiger partial charge in [-0.05, 0) is 51.7 Å². The minimum Gasteiger partial charge on any atom is -0.329 e. The van der Waals surface area contributed by atoms with Crippen LogP contribution >= 0.6 is 0 Å². The molecule has 0 spiro atoms. The van der Waals surface area contributed by atoms with Crippen LogP contribution in [0.15, 0.2) is 0 Å². The van der Waals surface area contributed by atoms with Crippen LogP contribution < -0.4 is 5.73 Å². The lowest BCUT2D eigenvalue weighted by atomic mass is 9.85. The van der Waals surface area contributed by atoms with Crippen molar-refractivity contribution in [3.05, 3.63) is 0 Å². The topological polar surface area (TPSA) is 35.7 Å². The highest BCUT2D eigenvalue weighted by Crippen LogP contribution is 2.32. The maximum absolute atomic E-state index is 6.17. The van der Waals surface area contributed by atoms with Crippen LogP contribution in [0.2, 0.25) is 0 Å². The minimum atomic E-state index is 0.304. The zero-order valence-electron chi connectivity index (χ0n) is 12.5. The Bertz CT molecular complexity index is 287. The normalized spacial score (nSPS) is 30.6. The van der Waals surface area contributed by atoms with Gasteiger partial charge in [-0.2, -0.15) is 0 Å². The van der Waals surface area contributed by atoms with Crippen molar-refractivity contribution >= 4 is 0 Å². The van der Waals surface area contributed by atoms with Crippen LogP contribution in [-0.4, -0.2) is 79.6 Å². The largest absolute Gasteiger partial charge is 0.329 e. The highest BCUT2D eigenvalue weighted by atomic mass is 15.3. The fraction of sp³-hybridized carbons (Fsp3) is 1.00. The lowest BCUT2D eigenvalue weighted by Gasteiger charge is -2.50. The van der Waals surface area contributed by atoms with Gasteiger partial charge in [0.1, 0.15) is 0 Å². The SMILES string of the molecule is CN1CCC(CN)(N2CCN(CC3CC3)CC2)CC1. The zero-order valence-corrected chi connectivity index (χ0v) is 12.5. The number of nitrogens with two attached hydrogens (primary N) is 1. The Balaban J connectivity index is 1.53. The number of rotatable bonds is 4. The monoisotopic (exact) mass is 266 g/mol. The Morgan fingerprint density at radius 1 is 1.00 bits per heavy atom. The molecule has 2 N–H and O–H groups in total. The second kappa shape index (κ2) is 5.68. The Labute approximate surface area is 117 Å². The molecule has 4 nitrogen and oxygen atoms in total. The van der Waals surface area contributed by atoms with Crippen LogP contribution in [0.4, 0.5) is 0 Å². The molecule has 3 rings (SSSR count). The van der Waals surface area contributed by atoms with E-state index in [0.717, 1.165) is 12.5 Å². The molecule has 0 atom stereocenters. The quantitative estimate of drug-likeness (QED) is 0.801. The second-order valence-electron chi connectivity index (χ2n) is 6.96. The third-order valence-corrected chi connectivity index (χ3v) is 5.55. The Morgan fingerprint density at radius 2 is 1.63 bits per heavy atom. The van der Waals surface area contributed by atoms with Gasteiger partial charge in [-0.3, -0.25) is 4.90 Å². The van der Waals surface area contributed by atoms with Gasteiger partial charge in [0.25, 0.3) is 0 Å². The summed E-state index contributed by atoms with van der Waals surface area (Å²) < 4.78 is 0. The predicted octanol–water partition coefficient (Wildman–Crippen LogP) is 0.437. The fourth-order valence-electron chi connectivity index (χ4n) is 3.75. The molecular formula is C15H30N4. The summed E-state index contributed by atoms with van der Waals surface area (Å²) in [7, 11) is 2.23. The van der Waals surface area contributed by atoms with Gasteiger partial charge < -0.3 is 15.5 Å². The highest BCUT2D eigenvalue weighted by Gasteiger charge is 2.39. The Morgan fingerprint density at radius 3 is 2.16 bits per heavy atom. The van der Waals surface area contributed by atoms with Crippen LogP contribution in [0.3, 0.4) is 0 Å². The first-order chi connectivity index (χ1) is 9.22. The summed E-state index contributed by atoms with van der Waals surface area (Å²) in [4.78, 5) is 7.83. The summed E-state index contributed by atoms with van der Waals surface area (Å²) in [6, 6.07) is 0. The molecule has 0 amide bonds. The van der Waals surface area contributed by atoms with Crippen molar-refractivity contribution in [1.29, 1.82) is 0 Å². The standard InChI is InChI=1S/C15H30N4/c1-17-6-4-15(13-16,5-7-17)19-10-8-18(9-11-19)12-14-2-3-14/h14H,2-13,16H2,1H3. The number of piperidine rings is 1. The summed E-state index contributed by atoms with van der Waals surface area (Å²) >= 11 is 0. The molecule has 0 unspecified atom stereocenters. The number of hydrogen-bond donors (Lipinski definition) is 1. The number of hydrogen-bond acceptors (Lipinski definition) is 4. The fourth-order valence-corrected chi connectivity index (χ4v) is 3.75. The summed E-state index contributed by atoms with van der Waals surface area (Å²) in [6.07, 6.45) is 5.45. The molecule has 110 valence electrons. The first kappa shape index (κ1) is 13.8. The van der Waals surface area contributed by atoms with E-state index in [2.05, 4.69) is 21.7 Å². The molecule has 2 saturated heterocycles. The van der Waals surface area contributed by atoms with Crippen molar-refractivity contribution in [3.63, 3.8) is 0 Å². The van der Waals surface area contributed by atoms with Crippen molar-refractivity contribution in [1.82, 2.24) is 14.7 Å². The molecule has 0 bridgehead atoms. The van der Waals surface area contributed by atoms with Crippen LogP contribution in [0.1, 0.15) is 25.7 Å². The molecule has 0 aromatic carbocycles. The molecule has 0 aromatic heterocycles. The van der Waals surface area contributed by atoms with Gasteiger partial charge in [-0.1, -0.05) is 0 Å². The van der Waals surface area contributed by atoms with E-state index in [1.807, 2.05) is 0 Å². The van der Waals surface area contributed by atoms with Gasteiger partial charge >= 0.3 is 0 Å². The second-order valence-corrected chi connectivity index (χ2v) is 6.96. The van der Waals surface area contributed by atoms with Gasteiger partial charge in [0.15, 0.2) is 0 Å². The molecule has 0 aromatic rings. The highest BCUT2D eigenvalue weighted by molar-refractivity contribution is 4.97. The van der Waals surface area contributed by atoms with Crippen molar-refractivity contribution in [3.8, 4) is 0 Å². The summed E-state index contributed by atoms with van der Waals surface area (Å²) in [6.45, 7) is 9.58. The molecular weight excluding hydrogens is 236 g/mol. The Hall–Kier alpha value is -0.160. The van der Waals surface area contributed by atoms with Crippen molar-refractivity contribution in [2.45, 2.75) is 31.2 Å². The summed E-state index contributed by atoms with van der Waals surface area (Å²) in [5, 5.41) is 0. The number of piperazine rings is 1. The third-order valence-electron chi connectivity index (χ3n) is 5.55. The molecule has 2 heterocycles. The van der Waals surface area contributed by atoms with E-state index < -0.39 is 0 Å². The number of nitrogens with zero attached hydrogens (tertiary/aromatic N) is 3. The maximum atomic E-state index is 6.17. The Kier molecular flexibility index (Phi) is 4.13. The van der Waals surface area contributed by atoms with E-state index in [9.17, 15) is 0 Å². The summed E-state index contributed by atoms with van der Waals surface area (Å²) in [5.74, 6) is 1.03. The van der Waals surface area contributed by atoms with Crippen LogP contribution in [0.25, 0.3) is 0 Å². The van der Waals surface area contributed by atoms with Gasteiger partial charge in [-0.25, -0.2) is 0 Å². The first-order valence-corrected chi connectivity index (χ1v) is 8.08. The van der Waals surface area contributed by atoms with Crippen molar-refractivity contribution < 1.29 is 0 Å². The van der Waals surface area contributed by atoms with Gasteiger partial charge in [0.2, 0.25) is 0 Å².